The highest BCUT2D eigenvalue weighted by Crippen LogP contribution is 2.14. The molecule has 0 amide bonds. The first-order valence-electron chi connectivity index (χ1n) is 3.84. The molecular weight excluding hydrogens is 142 g/mol. The molecule has 0 saturated carbocycles. The summed E-state index contributed by atoms with van der Waals surface area (Å²) in [6.45, 7) is 4.52. The van der Waals surface area contributed by atoms with Crippen molar-refractivity contribution in [1.82, 2.24) is 4.90 Å². The molecule has 1 heterocycles. The van der Waals surface area contributed by atoms with Crippen LogP contribution in [-0.2, 0) is 0 Å². The van der Waals surface area contributed by atoms with E-state index in [4.69, 9.17) is 0 Å². The van der Waals surface area contributed by atoms with E-state index >= 15 is 0 Å². The van der Waals surface area contributed by atoms with Crippen LogP contribution in [0.3, 0.4) is 0 Å². The Labute approximate surface area is 67.0 Å². The van der Waals surface area contributed by atoms with Crippen LogP contribution in [0.4, 0.5) is 0 Å². The summed E-state index contributed by atoms with van der Waals surface area (Å²) in [5, 5.41) is 3.96. The van der Waals surface area contributed by atoms with Crippen LogP contribution in [-0.4, -0.2) is 30.3 Å². The first-order chi connectivity index (χ1) is 4.83. The molecule has 1 aliphatic rings. The number of hydrogen-bond donors (Lipinski definition) is 0. The molecule has 2 heteroatoms. The Hall–Kier alpha value is -0.0400. The molecule has 58 valence electrons. The molecule has 0 bridgehead atoms. The molecule has 0 aromatic heterocycles. The van der Waals surface area contributed by atoms with E-state index in [0.29, 0.717) is 0 Å². The summed E-state index contributed by atoms with van der Waals surface area (Å²) in [5.74, 6) is 0. The molecule has 0 spiro atoms. The van der Waals surface area contributed by atoms with E-state index in [1.54, 1.807) is 0 Å². The van der Waals surface area contributed by atoms with Crippen LogP contribution in [0, 0.1) is 5.18 Å². The zero-order valence-corrected chi connectivity index (χ0v) is 7.58. The van der Waals surface area contributed by atoms with E-state index in [0.717, 1.165) is 5.25 Å². The smallest absolute Gasteiger partial charge is 0.0418 e. The zero-order chi connectivity index (χ0) is 7.40. The summed E-state index contributed by atoms with van der Waals surface area (Å²) in [6.07, 6.45) is 2.73. The molecule has 0 aliphatic carbocycles. The van der Waals surface area contributed by atoms with Gasteiger partial charge in [0.2, 0.25) is 0 Å². The quantitative estimate of drug-likeness (QED) is 0.518. The van der Waals surface area contributed by atoms with Gasteiger partial charge in [0.1, 0.15) is 0 Å². The SMILES string of the molecule is CC#SC1CCCN(C)C1. The van der Waals surface area contributed by atoms with Crippen LogP contribution in [0.2, 0.25) is 0 Å². The van der Waals surface area contributed by atoms with Gasteiger partial charge in [0.05, 0.1) is 0 Å². The third-order valence-corrected chi connectivity index (χ3v) is 2.82. The number of rotatable bonds is 0. The maximum absolute atomic E-state index is 3.15. The topological polar surface area (TPSA) is 3.24 Å². The van der Waals surface area contributed by atoms with Crippen molar-refractivity contribution in [1.29, 1.82) is 0 Å². The molecular formula is C8H15NS. The lowest BCUT2D eigenvalue weighted by Gasteiger charge is -2.26. The highest BCUT2D eigenvalue weighted by Gasteiger charge is 2.13. The fraction of sp³-hybridized carbons (Fsp3) is 0.875. The minimum Gasteiger partial charge on any atom is -0.305 e. The summed E-state index contributed by atoms with van der Waals surface area (Å²) in [7, 11) is 2.20. The van der Waals surface area contributed by atoms with Crippen molar-refractivity contribution in [3.8, 4) is 5.18 Å². The number of hydrogen-bond acceptors (Lipinski definition) is 1. The first kappa shape index (κ1) is 8.06. The lowest BCUT2D eigenvalue weighted by atomic mass is 10.1. The molecule has 1 fully saturated rings. The Morgan fingerprint density at radius 3 is 3.00 bits per heavy atom. The molecule has 1 aliphatic heterocycles. The fourth-order valence-electron chi connectivity index (χ4n) is 1.38. The lowest BCUT2D eigenvalue weighted by molar-refractivity contribution is 0.284. The minimum absolute atomic E-state index is 0.809. The van der Waals surface area contributed by atoms with E-state index in [1.165, 1.54) is 25.9 Å². The van der Waals surface area contributed by atoms with Gasteiger partial charge in [-0.3, -0.25) is 0 Å². The average Bonchev–Trinajstić information content (AvgIpc) is 1.88. The van der Waals surface area contributed by atoms with E-state index in [1.807, 2.05) is 18.1 Å². The standard InChI is InChI=1S/C8H15NS/c1-3-10-8-5-4-6-9(2)7-8/h8H,4-7H2,1-2H3. The van der Waals surface area contributed by atoms with Gasteiger partial charge in [-0.2, -0.15) is 0 Å². The van der Waals surface area contributed by atoms with Crippen molar-refractivity contribution in [3.63, 3.8) is 0 Å². The molecule has 1 nitrogen and oxygen atoms in total. The molecule has 0 aromatic carbocycles. The van der Waals surface area contributed by atoms with E-state index in [9.17, 15) is 0 Å². The van der Waals surface area contributed by atoms with Crippen LogP contribution in [0.5, 0.6) is 0 Å². The molecule has 1 saturated heterocycles. The maximum atomic E-state index is 3.15. The van der Waals surface area contributed by atoms with Crippen molar-refractivity contribution in [2.75, 3.05) is 20.1 Å². The molecule has 0 N–H and O–H groups in total. The molecule has 0 radical (unpaired) electrons. The molecule has 1 rings (SSSR count). The normalized spacial score (nSPS) is 27.6. The second-order valence-electron chi connectivity index (χ2n) is 2.85. The molecule has 1 unspecified atom stereocenters. The minimum atomic E-state index is 0.809. The predicted octanol–water partition coefficient (Wildman–Crippen LogP) is 1.79. The predicted molar refractivity (Wildman–Crippen MR) is 47.7 cm³/mol. The van der Waals surface area contributed by atoms with Gasteiger partial charge in [-0.1, -0.05) is 5.18 Å². The lowest BCUT2D eigenvalue weighted by Crippen LogP contribution is -2.32. The number of likely N-dealkylation sites (tertiary alicyclic amines) is 1. The van der Waals surface area contributed by atoms with Gasteiger partial charge in [0, 0.05) is 11.8 Å². The van der Waals surface area contributed by atoms with Crippen molar-refractivity contribution in [2.24, 2.45) is 0 Å². The van der Waals surface area contributed by atoms with Gasteiger partial charge >= 0.3 is 0 Å². The summed E-state index contributed by atoms with van der Waals surface area (Å²) in [5.41, 5.74) is 0. The van der Waals surface area contributed by atoms with Gasteiger partial charge in [0.25, 0.3) is 0 Å². The summed E-state index contributed by atoms with van der Waals surface area (Å²) in [4.78, 5) is 2.40. The second-order valence-corrected chi connectivity index (χ2v) is 4.16. The third kappa shape index (κ3) is 2.30. The largest absolute Gasteiger partial charge is 0.305 e. The Morgan fingerprint density at radius 1 is 1.60 bits per heavy atom. The monoisotopic (exact) mass is 157 g/mol. The van der Waals surface area contributed by atoms with Crippen molar-refractivity contribution in [2.45, 2.75) is 25.0 Å². The van der Waals surface area contributed by atoms with Gasteiger partial charge in [-0.15, -0.1) is 11.2 Å². The zero-order valence-electron chi connectivity index (χ0n) is 6.76. The second kappa shape index (κ2) is 3.97. The Balaban J connectivity index is 2.37. The summed E-state index contributed by atoms with van der Waals surface area (Å²) < 4.78 is 0. The summed E-state index contributed by atoms with van der Waals surface area (Å²) in [6, 6.07) is 0. The fourth-order valence-corrected chi connectivity index (χ4v) is 2.33. The van der Waals surface area contributed by atoms with Crippen LogP contribution in [0.15, 0.2) is 0 Å². The molecule has 1 atom stereocenters. The highest BCUT2D eigenvalue weighted by atomic mass is 32.1. The van der Waals surface area contributed by atoms with E-state index < -0.39 is 0 Å². The van der Waals surface area contributed by atoms with Gasteiger partial charge in [-0.25, -0.2) is 0 Å². The van der Waals surface area contributed by atoms with Gasteiger partial charge in [0.15, 0.2) is 0 Å². The van der Waals surface area contributed by atoms with Crippen LogP contribution in [0.1, 0.15) is 19.8 Å². The molecule has 10 heavy (non-hydrogen) atoms. The van der Waals surface area contributed by atoms with Gasteiger partial charge < -0.3 is 4.90 Å². The molecule has 0 aromatic rings. The highest BCUT2D eigenvalue weighted by molar-refractivity contribution is 7.89. The van der Waals surface area contributed by atoms with E-state index in [-0.39, 0.29) is 0 Å². The Bertz CT molecular complexity index is 156. The van der Waals surface area contributed by atoms with Crippen LogP contribution < -0.4 is 0 Å². The van der Waals surface area contributed by atoms with Crippen molar-refractivity contribution < 1.29 is 0 Å². The Kier molecular flexibility index (Phi) is 3.20. The summed E-state index contributed by atoms with van der Waals surface area (Å²) >= 11 is 1.86. The number of nitrogens with zero attached hydrogens (tertiary/aromatic N) is 1. The van der Waals surface area contributed by atoms with Crippen molar-refractivity contribution >= 4 is 11.2 Å². The van der Waals surface area contributed by atoms with Crippen LogP contribution >= 0.6 is 11.2 Å². The average molecular weight is 157 g/mol. The maximum Gasteiger partial charge on any atom is 0.0418 e. The van der Waals surface area contributed by atoms with Crippen molar-refractivity contribution in [3.05, 3.63) is 0 Å². The Morgan fingerprint density at radius 2 is 2.40 bits per heavy atom. The van der Waals surface area contributed by atoms with E-state index in [2.05, 4.69) is 17.1 Å². The first-order valence-corrected chi connectivity index (χ1v) is 4.72. The third-order valence-electron chi connectivity index (χ3n) is 1.87. The van der Waals surface area contributed by atoms with Gasteiger partial charge in [-0.05, 0) is 33.4 Å². The number of piperidine rings is 1. The van der Waals surface area contributed by atoms with Crippen LogP contribution in [0.25, 0.3) is 0 Å².